The molecule has 0 atom stereocenters. The highest BCUT2D eigenvalue weighted by atomic mass is 32.2. The Morgan fingerprint density at radius 1 is 1.06 bits per heavy atom. The fraction of sp³-hybridized carbons (Fsp3) is 0.333. The van der Waals surface area contributed by atoms with E-state index in [0.29, 0.717) is 25.9 Å². The minimum Gasteiger partial charge on any atom is -0.481 e. The molecule has 0 bridgehead atoms. The van der Waals surface area contributed by atoms with Gasteiger partial charge in [0.05, 0.1) is 10.8 Å². The van der Waals surface area contributed by atoms with Crippen LogP contribution < -0.4 is 0 Å². The van der Waals surface area contributed by atoms with Crippen LogP contribution in [0.4, 0.5) is 8.78 Å². The Bertz CT molecular complexity index is 998. The quantitative estimate of drug-likeness (QED) is 0.590. The van der Waals surface area contributed by atoms with Crippen molar-refractivity contribution < 1.29 is 23.5 Å². The van der Waals surface area contributed by atoms with E-state index in [1.54, 1.807) is 0 Å². The van der Waals surface area contributed by atoms with Crippen molar-refractivity contribution in [3.8, 4) is 0 Å². The zero-order valence-electron chi connectivity index (χ0n) is 17.5. The predicted octanol–water partition coefficient (Wildman–Crippen LogP) is 5.58. The number of hydrogen-bond donors (Lipinski definition) is 1. The van der Waals surface area contributed by atoms with Crippen molar-refractivity contribution in [3.63, 3.8) is 0 Å². The number of nitrogens with zero attached hydrogens (tertiary/aromatic N) is 1. The highest BCUT2D eigenvalue weighted by Gasteiger charge is 2.26. The summed E-state index contributed by atoms with van der Waals surface area (Å²) in [7, 11) is 0. The maximum atomic E-state index is 14.7. The number of hydrogen-bond acceptors (Lipinski definition) is 3. The van der Waals surface area contributed by atoms with Crippen LogP contribution in [0.5, 0.6) is 0 Å². The molecule has 31 heavy (non-hydrogen) atoms. The first kappa shape index (κ1) is 23.0. The summed E-state index contributed by atoms with van der Waals surface area (Å²) in [4.78, 5) is 25.9. The van der Waals surface area contributed by atoms with Crippen molar-refractivity contribution >= 4 is 29.7 Å². The monoisotopic (exact) mass is 445 g/mol. The number of aliphatic carboxylic acids is 1. The second-order valence-corrected chi connectivity index (χ2v) is 8.93. The van der Waals surface area contributed by atoms with Gasteiger partial charge in [-0.2, -0.15) is 0 Å². The molecule has 2 aromatic rings. The Hall–Kier alpha value is -2.67. The molecule has 0 unspecified atom stereocenters. The average molecular weight is 446 g/mol. The zero-order chi connectivity index (χ0) is 22.5. The first-order chi connectivity index (χ1) is 14.8. The molecule has 0 aliphatic carbocycles. The van der Waals surface area contributed by atoms with Crippen molar-refractivity contribution in [1.82, 2.24) is 4.90 Å². The van der Waals surface area contributed by atoms with E-state index in [1.165, 1.54) is 40.9 Å². The van der Waals surface area contributed by atoms with Gasteiger partial charge in [0.25, 0.3) is 0 Å². The number of rotatable bonds is 6. The lowest BCUT2D eigenvalue weighted by atomic mass is 9.97. The Labute approximate surface area is 185 Å². The van der Waals surface area contributed by atoms with Gasteiger partial charge in [0, 0.05) is 29.6 Å². The molecule has 7 heteroatoms. The third kappa shape index (κ3) is 5.53. The number of likely N-dealkylation sites (tertiary alicyclic amines) is 1. The third-order valence-corrected chi connectivity index (χ3v) is 6.53. The van der Waals surface area contributed by atoms with Crippen molar-refractivity contribution in [2.45, 2.75) is 42.4 Å². The molecule has 0 saturated carbocycles. The summed E-state index contributed by atoms with van der Waals surface area (Å²) in [6.07, 6.45) is 3.25. The highest BCUT2D eigenvalue weighted by Crippen LogP contribution is 2.36. The molecule has 0 aromatic heterocycles. The van der Waals surface area contributed by atoms with E-state index in [0.717, 1.165) is 10.5 Å². The number of carbonyl (C=O) groups excluding carboxylic acids is 1. The predicted molar refractivity (Wildman–Crippen MR) is 117 cm³/mol. The lowest BCUT2D eigenvalue weighted by molar-refractivity contribution is -0.144. The van der Waals surface area contributed by atoms with Gasteiger partial charge >= 0.3 is 5.97 Å². The van der Waals surface area contributed by atoms with E-state index < -0.39 is 23.5 Å². The summed E-state index contributed by atoms with van der Waals surface area (Å²) < 4.78 is 29.3. The second kappa shape index (κ2) is 10.1. The van der Waals surface area contributed by atoms with Crippen molar-refractivity contribution in [1.29, 1.82) is 0 Å². The maximum Gasteiger partial charge on any atom is 0.306 e. The first-order valence-corrected chi connectivity index (χ1v) is 11.0. The van der Waals surface area contributed by atoms with Gasteiger partial charge in [0.2, 0.25) is 5.91 Å². The summed E-state index contributed by atoms with van der Waals surface area (Å²) in [5.41, 5.74) is 1.06. The Morgan fingerprint density at radius 2 is 1.74 bits per heavy atom. The van der Waals surface area contributed by atoms with Crippen LogP contribution in [0.3, 0.4) is 0 Å². The molecule has 4 nitrogen and oxygen atoms in total. The number of piperidine rings is 1. The molecule has 1 fully saturated rings. The summed E-state index contributed by atoms with van der Waals surface area (Å²) in [5, 5.41) is 9.03. The lowest BCUT2D eigenvalue weighted by Crippen LogP contribution is -2.39. The summed E-state index contributed by atoms with van der Waals surface area (Å²) in [6.45, 7) is 4.76. The Balaban J connectivity index is 1.71. The van der Waals surface area contributed by atoms with Gasteiger partial charge in [-0.25, -0.2) is 8.78 Å². The molecule has 2 aromatic carbocycles. The highest BCUT2D eigenvalue weighted by molar-refractivity contribution is 7.99. The molecule has 1 heterocycles. The van der Waals surface area contributed by atoms with Gasteiger partial charge in [-0.15, -0.1) is 0 Å². The summed E-state index contributed by atoms with van der Waals surface area (Å²) in [6, 6.07) is 10.6. The fourth-order valence-electron chi connectivity index (χ4n) is 3.54. The molecule has 164 valence electrons. The third-order valence-electron chi connectivity index (χ3n) is 5.40. The minimum atomic E-state index is -0.999. The number of carbonyl (C=O) groups is 2. The smallest absolute Gasteiger partial charge is 0.306 e. The molecular weight excluding hydrogens is 420 g/mol. The molecule has 1 amide bonds. The normalized spacial score (nSPS) is 15.1. The van der Waals surface area contributed by atoms with Crippen LogP contribution >= 0.6 is 11.8 Å². The Kier molecular flexibility index (Phi) is 7.49. The fourth-order valence-corrected chi connectivity index (χ4v) is 4.66. The largest absolute Gasteiger partial charge is 0.481 e. The van der Waals surface area contributed by atoms with Crippen molar-refractivity contribution in [3.05, 3.63) is 65.2 Å². The number of carboxylic acids is 1. The number of amides is 1. The van der Waals surface area contributed by atoms with Crippen LogP contribution in [0.2, 0.25) is 0 Å². The van der Waals surface area contributed by atoms with E-state index >= 15 is 0 Å². The van der Waals surface area contributed by atoms with Crippen LogP contribution in [0, 0.1) is 17.6 Å². The molecule has 3 rings (SSSR count). The molecule has 1 aliphatic rings. The first-order valence-electron chi connectivity index (χ1n) is 10.2. The molecular formula is C24H25F2NO3S. The maximum absolute atomic E-state index is 14.7. The van der Waals surface area contributed by atoms with E-state index in [4.69, 9.17) is 5.11 Å². The van der Waals surface area contributed by atoms with Crippen LogP contribution in [0.1, 0.15) is 43.7 Å². The van der Waals surface area contributed by atoms with Gasteiger partial charge in [-0.1, -0.05) is 49.9 Å². The minimum absolute atomic E-state index is 0.00670. The Morgan fingerprint density at radius 3 is 2.39 bits per heavy atom. The van der Waals surface area contributed by atoms with E-state index in [9.17, 15) is 18.4 Å². The van der Waals surface area contributed by atoms with Gasteiger partial charge < -0.3 is 10.0 Å². The number of benzene rings is 2. The lowest BCUT2D eigenvalue weighted by Gasteiger charge is -2.29. The van der Waals surface area contributed by atoms with Crippen LogP contribution in [-0.2, 0) is 9.59 Å². The van der Waals surface area contributed by atoms with E-state index in [-0.39, 0.29) is 22.3 Å². The number of carboxylic acid groups (broad SMARTS) is 1. The SMILES string of the molecule is CC(C)c1ccccc1Sc1ccc(C=CC(=O)N2CCC(C(=O)O)CC2)c(F)c1F. The standard InChI is InChI=1S/C24H25F2NO3S/c1-15(2)18-5-3-4-6-19(18)31-20-9-7-16(22(25)23(20)26)8-10-21(28)27-13-11-17(12-14-27)24(29)30/h3-10,15,17H,11-14H2,1-2H3,(H,29,30). The molecule has 1 saturated heterocycles. The van der Waals surface area contributed by atoms with E-state index in [1.807, 2.05) is 38.1 Å². The van der Waals surface area contributed by atoms with Crippen LogP contribution in [0.25, 0.3) is 6.08 Å². The average Bonchev–Trinajstić information content (AvgIpc) is 2.76. The topological polar surface area (TPSA) is 57.6 Å². The zero-order valence-corrected chi connectivity index (χ0v) is 18.3. The summed E-state index contributed by atoms with van der Waals surface area (Å²) in [5.74, 6) is -3.32. The van der Waals surface area contributed by atoms with Crippen molar-refractivity contribution in [2.24, 2.45) is 5.92 Å². The van der Waals surface area contributed by atoms with Gasteiger partial charge in [-0.3, -0.25) is 9.59 Å². The van der Waals surface area contributed by atoms with Crippen LogP contribution in [-0.4, -0.2) is 35.0 Å². The van der Waals surface area contributed by atoms with E-state index in [2.05, 4.69) is 0 Å². The molecule has 0 radical (unpaired) electrons. The number of halogens is 2. The molecule has 1 N–H and O–H groups in total. The van der Waals surface area contributed by atoms with Gasteiger partial charge in [0.1, 0.15) is 0 Å². The van der Waals surface area contributed by atoms with Gasteiger partial charge in [-0.05, 0) is 42.5 Å². The molecule has 0 spiro atoms. The second-order valence-electron chi connectivity index (χ2n) is 7.85. The van der Waals surface area contributed by atoms with Crippen LogP contribution in [0.15, 0.2) is 52.3 Å². The van der Waals surface area contributed by atoms with Crippen molar-refractivity contribution in [2.75, 3.05) is 13.1 Å². The summed E-state index contributed by atoms with van der Waals surface area (Å²) >= 11 is 1.18. The molecule has 1 aliphatic heterocycles. The van der Waals surface area contributed by atoms with Gasteiger partial charge in [0.15, 0.2) is 11.6 Å².